The van der Waals surface area contributed by atoms with Crippen molar-refractivity contribution in [2.75, 3.05) is 0 Å². The molecule has 0 aliphatic heterocycles. The number of hydrogen-bond acceptors (Lipinski definition) is 3. The number of pyridine rings is 1. The zero-order valence-corrected chi connectivity index (χ0v) is 8.66. The lowest BCUT2D eigenvalue weighted by Gasteiger charge is -2.20. The van der Waals surface area contributed by atoms with Gasteiger partial charge in [0.25, 0.3) is 0 Å². The molecule has 0 amide bonds. The fourth-order valence-corrected chi connectivity index (χ4v) is 0.954. The van der Waals surface area contributed by atoms with Gasteiger partial charge in [0.2, 0.25) is 0 Å². The number of hydrogen-bond donors (Lipinski definition) is 2. The number of aromatic nitrogens is 1. The number of nitrogen functional groups attached to an aromatic ring is 1. The SMILES string of the molecule is CC(C)(C)Oc1ccc(C(=N)N)nc1. The maximum atomic E-state index is 7.16. The Labute approximate surface area is 83.6 Å². The molecule has 4 nitrogen and oxygen atoms in total. The third-order valence-electron chi connectivity index (χ3n) is 1.44. The zero-order chi connectivity index (χ0) is 10.8. The van der Waals surface area contributed by atoms with Crippen molar-refractivity contribution in [3.05, 3.63) is 24.0 Å². The molecule has 0 bridgehead atoms. The number of nitrogens with zero attached hydrogens (tertiary/aromatic N) is 1. The molecule has 0 spiro atoms. The molecule has 1 aromatic heterocycles. The van der Waals surface area contributed by atoms with Gasteiger partial charge in [-0.1, -0.05) is 0 Å². The van der Waals surface area contributed by atoms with E-state index in [4.69, 9.17) is 15.9 Å². The van der Waals surface area contributed by atoms with Crippen LogP contribution < -0.4 is 10.5 Å². The van der Waals surface area contributed by atoms with Crippen molar-refractivity contribution >= 4 is 5.84 Å². The van der Waals surface area contributed by atoms with Crippen molar-refractivity contribution in [1.82, 2.24) is 4.98 Å². The summed E-state index contributed by atoms with van der Waals surface area (Å²) >= 11 is 0. The fourth-order valence-electron chi connectivity index (χ4n) is 0.954. The topological polar surface area (TPSA) is 72.0 Å². The van der Waals surface area contributed by atoms with Gasteiger partial charge in [-0.05, 0) is 32.9 Å². The van der Waals surface area contributed by atoms with Gasteiger partial charge in [0.15, 0.2) is 0 Å². The lowest BCUT2D eigenvalue weighted by atomic mass is 10.2. The summed E-state index contributed by atoms with van der Waals surface area (Å²) < 4.78 is 5.56. The van der Waals surface area contributed by atoms with Gasteiger partial charge >= 0.3 is 0 Å². The Morgan fingerprint density at radius 3 is 2.43 bits per heavy atom. The van der Waals surface area contributed by atoms with Crippen molar-refractivity contribution in [1.29, 1.82) is 5.41 Å². The zero-order valence-electron chi connectivity index (χ0n) is 8.66. The standard InChI is InChI=1S/C10H15N3O/c1-10(2,3)14-7-4-5-8(9(11)12)13-6-7/h4-6H,1-3H3,(H3,11,12). The molecule has 0 unspecified atom stereocenters. The highest BCUT2D eigenvalue weighted by Gasteiger charge is 2.11. The Morgan fingerprint density at radius 1 is 1.43 bits per heavy atom. The second-order valence-corrected chi connectivity index (χ2v) is 4.01. The van der Waals surface area contributed by atoms with Crippen LogP contribution in [0.1, 0.15) is 26.5 Å². The van der Waals surface area contributed by atoms with Crippen molar-refractivity contribution in [3.8, 4) is 5.75 Å². The van der Waals surface area contributed by atoms with E-state index in [2.05, 4.69) is 4.98 Å². The monoisotopic (exact) mass is 193 g/mol. The molecule has 1 rings (SSSR count). The average Bonchev–Trinajstić information content (AvgIpc) is 2.02. The van der Waals surface area contributed by atoms with Crippen LogP contribution in [-0.4, -0.2) is 16.4 Å². The highest BCUT2D eigenvalue weighted by molar-refractivity contribution is 5.92. The quantitative estimate of drug-likeness (QED) is 0.552. The maximum Gasteiger partial charge on any atom is 0.141 e. The maximum absolute atomic E-state index is 7.16. The molecule has 0 aliphatic carbocycles. The van der Waals surface area contributed by atoms with E-state index in [0.29, 0.717) is 11.4 Å². The van der Waals surface area contributed by atoms with Crippen LogP contribution in [0.15, 0.2) is 18.3 Å². The molecule has 0 aromatic carbocycles. The molecule has 76 valence electrons. The normalized spacial score (nSPS) is 11.1. The lowest BCUT2D eigenvalue weighted by molar-refractivity contribution is 0.130. The summed E-state index contributed by atoms with van der Waals surface area (Å²) in [5.41, 5.74) is 5.50. The molecular weight excluding hydrogens is 178 g/mol. The Morgan fingerprint density at radius 2 is 2.07 bits per heavy atom. The van der Waals surface area contributed by atoms with Gasteiger partial charge in [-0.3, -0.25) is 5.41 Å². The molecule has 1 aromatic rings. The Bertz CT molecular complexity index is 324. The first kappa shape index (κ1) is 10.5. The summed E-state index contributed by atoms with van der Waals surface area (Å²) in [7, 11) is 0. The molecule has 0 fully saturated rings. The van der Waals surface area contributed by atoms with Gasteiger partial charge in [-0.2, -0.15) is 0 Å². The second-order valence-electron chi connectivity index (χ2n) is 4.01. The van der Waals surface area contributed by atoms with Crippen molar-refractivity contribution in [3.63, 3.8) is 0 Å². The Kier molecular flexibility index (Phi) is 2.74. The minimum atomic E-state index is -0.237. The molecule has 0 atom stereocenters. The molecule has 0 radical (unpaired) electrons. The van der Waals surface area contributed by atoms with Gasteiger partial charge in [-0.25, -0.2) is 4.98 Å². The fraction of sp³-hybridized carbons (Fsp3) is 0.400. The third kappa shape index (κ3) is 3.05. The number of nitrogens with one attached hydrogen (secondary N) is 1. The first-order chi connectivity index (χ1) is 6.38. The van der Waals surface area contributed by atoms with E-state index in [9.17, 15) is 0 Å². The largest absolute Gasteiger partial charge is 0.487 e. The first-order valence-corrected chi connectivity index (χ1v) is 4.38. The van der Waals surface area contributed by atoms with Gasteiger partial charge in [0.05, 0.1) is 6.20 Å². The minimum Gasteiger partial charge on any atom is -0.487 e. The van der Waals surface area contributed by atoms with Gasteiger partial charge in [-0.15, -0.1) is 0 Å². The van der Waals surface area contributed by atoms with E-state index in [1.165, 1.54) is 0 Å². The molecule has 14 heavy (non-hydrogen) atoms. The number of nitrogens with two attached hydrogens (primary N) is 1. The molecule has 3 N–H and O–H groups in total. The molecular formula is C10H15N3O. The smallest absolute Gasteiger partial charge is 0.141 e. The van der Waals surface area contributed by atoms with E-state index >= 15 is 0 Å². The van der Waals surface area contributed by atoms with Gasteiger partial charge < -0.3 is 10.5 Å². The van der Waals surface area contributed by atoms with Crippen LogP contribution >= 0.6 is 0 Å². The first-order valence-electron chi connectivity index (χ1n) is 4.38. The van der Waals surface area contributed by atoms with Gasteiger partial charge in [0, 0.05) is 0 Å². The van der Waals surface area contributed by atoms with Crippen LogP contribution in [0.3, 0.4) is 0 Å². The molecule has 1 heterocycles. The lowest BCUT2D eigenvalue weighted by Crippen LogP contribution is -2.23. The Hall–Kier alpha value is -1.58. The second kappa shape index (κ2) is 3.65. The van der Waals surface area contributed by atoms with Crippen molar-refractivity contribution in [2.45, 2.75) is 26.4 Å². The summed E-state index contributed by atoms with van der Waals surface area (Å²) in [5, 5.41) is 7.16. The predicted molar refractivity (Wildman–Crippen MR) is 55.6 cm³/mol. The van der Waals surface area contributed by atoms with Crippen LogP contribution in [0.2, 0.25) is 0 Å². The number of ether oxygens (including phenoxy) is 1. The molecule has 4 heteroatoms. The van der Waals surface area contributed by atoms with Crippen molar-refractivity contribution in [2.24, 2.45) is 5.73 Å². The average molecular weight is 193 g/mol. The highest BCUT2D eigenvalue weighted by atomic mass is 16.5. The van der Waals surface area contributed by atoms with Crippen LogP contribution in [-0.2, 0) is 0 Å². The predicted octanol–water partition coefficient (Wildman–Crippen LogP) is 1.54. The van der Waals surface area contributed by atoms with E-state index in [1.807, 2.05) is 20.8 Å². The molecule has 0 aliphatic rings. The van der Waals surface area contributed by atoms with E-state index < -0.39 is 0 Å². The molecule has 0 saturated carbocycles. The number of amidine groups is 1. The Balaban J connectivity index is 2.79. The van der Waals surface area contributed by atoms with E-state index in [-0.39, 0.29) is 11.4 Å². The minimum absolute atomic E-state index is 0.0349. The summed E-state index contributed by atoms with van der Waals surface area (Å²) in [6, 6.07) is 3.43. The van der Waals surface area contributed by atoms with Gasteiger partial charge in [0.1, 0.15) is 22.9 Å². The van der Waals surface area contributed by atoms with Crippen LogP contribution in [0.4, 0.5) is 0 Å². The van der Waals surface area contributed by atoms with Crippen molar-refractivity contribution < 1.29 is 4.74 Å². The van der Waals surface area contributed by atoms with E-state index in [0.717, 1.165) is 0 Å². The number of rotatable bonds is 2. The van der Waals surface area contributed by atoms with Crippen LogP contribution in [0.25, 0.3) is 0 Å². The van der Waals surface area contributed by atoms with E-state index in [1.54, 1.807) is 18.3 Å². The third-order valence-corrected chi connectivity index (χ3v) is 1.44. The van der Waals surface area contributed by atoms with Crippen LogP contribution in [0, 0.1) is 5.41 Å². The van der Waals surface area contributed by atoms with Crippen LogP contribution in [0.5, 0.6) is 5.75 Å². The summed E-state index contributed by atoms with van der Waals surface area (Å²) in [6.07, 6.45) is 1.57. The summed E-state index contributed by atoms with van der Waals surface area (Å²) in [5.74, 6) is 0.648. The highest BCUT2D eigenvalue weighted by Crippen LogP contribution is 2.16. The summed E-state index contributed by atoms with van der Waals surface area (Å²) in [4.78, 5) is 3.99. The summed E-state index contributed by atoms with van der Waals surface area (Å²) in [6.45, 7) is 5.89. The molecule has 0 saturated heterocycles.